The van der Waals surface area contributed by atoms with Crippen molar-refractivity contribution >= 4 is 17.8 Å². The highest BCUT2D eigenvalue weighted by molar-refractivity contribution is 5.94. The normalized spacial score (nSPS) is 33.7. The van der Waals surface area contributed by atoms with E-state index in [4.69, 9.17) is 9.47 Å². The van der Waals surface area contributed by atoms with Crippen LogP contribution in [0, 0.1) is 56.7 Å². The summed E-state index contributed by atoms with van der Waals surface area (Å²) in [6.07, 6.45) is 15.0. The van der Waals surface area contributed by atoms with Gasteiger partial charge in [-0.25, -0.2) is 9.78 Å². The van der Waals surface area contributed by atoms with Gasteiger partial charge in [-0.1, -0.05) is 71.0 Å². The minimum atomic E-state index is -0.415. The molecule has 1 aromatic heterocycles. The van der Waals surface area contributed by atoms with Gasteiger partial charge in [0.05, 0.1) is 37.8 Å². The maximum atomic E-state index is 14.8. The number of esters is 1. The van der Waals surface area contributed by atoms with Crippen LogP contribution >= 0.6 is 0 Å². The fourth-order valence-electron chi connectivity index (χ4n) is 15.1. The number of fused-ring (bicyclic) bond motifs is 7. The van der Waals surface area contributed by atoms with Crippen LogP contribution in [-0.2, 0) is 29.0 Å². The molecule has 3 aromatic rings. The quantitative estimate of drug-likeness (QED) is 0.0835. The third-order valence-corrected chi connectivity index (χ3v) is 18.7. The molecule has 0 radical (unpaired) electrons. The van der Waals surface area contributed by atoms with Crippen molar-refractivity contribution in [1.82, 2.24) is 20.2 Å². The van der Waals surface area contributed by atoms with Crippen molar-refractivity contribution in [2.24, 2.45) is 56.7 Å². The molecule has 5 fully saturated rings. The smallest absolute Gasteiger partial charge is 0.356 e. The van der Waals surface area contributed by atoms with Gasteiger partial charge in [0.25, 0.3) is 5.91 Å². The van der Waals surface area contributed by atoms with Crippen LogP contribution in [0.2, 0.25) is 0 Å². The summed E-state index contributed by atoms with van der Waals surface area (Å²) in [4.78, 5) is 44.0. The fourth-order valence-corrected chi connectivity index (χ4v) is 15.1. The van der Waals surface area contributed by atoms with Gasteiger partial charge in [-0.05, 0) is 171 Å². The van der Waals surface area contributed by atoms with E-state index in [0.717, 1.165) is 55.4 Å². The first-order valence-electron chi connectivity index (χ1n) is 24.3. The average Bonchev–Trinajstić information content (AvgIpc) is 3.92. The van der Waals surface area contributed by atoms with Crippen LogP contribution in [0.1, 0.15) is 144 Å². The number of imidazole rings is 1. The molecule has 3 N–H and O–H groups in total. The Morgan fingerprint density at radius 2 is 1.66 bits per heavy atom. The highest BCUT2D eigenvalue weighted by Crippen LogP contribution is 2.77. The van der Waals surface area contributed by atoms with Crippen molar-refractivity contribution in [3.8, 4) is 5.75 Å². The molecule has 2 aromatic carbocycles. The van der Waals surface area contributed by atoms with Gasteiger partial charge < -0.3 is 29.8 Å². The van der Waals surface area contributed by atoms with E-state index in [0.29, 0.717) is 79.9 Å². The van der Waals surface area contributed by atoms with Gasteiger partial charge in [-0.2, -0.15) is 0 Å². The van der Waals surface area contributed by atoms with E-state index in [2.05, 4.69) is 63.7 Å². The van der Waals surface area contributed by atoms with Crippen molar-refractivity contribution in [2.75, 3.05) is 20.3 Å². The summed E-state index contributed by atoms with van der Waals surface area (Å²) in [5.74, 6) is 2.71. The van der Waals surface area contributed by atoms with Crippen LogP contribution in [0.15, 0.2) is 73.2 Å². The number of aliphatic hydroxyl groups is 1. The SMILES string of the molecule is C=C(C)[C@@H]1CC[C@]2(C(=O)NCCc3cccc(C(=O)NCc4ccc(OCCCn5cncc5C(=O)OC)cc4)c3)CC[C@]3(C)C(CCC4[C@@]5(C)CC[C@H](O)C(C)(C)C5CC[C@]43C)C12. The van der Waals surface area contributed by atoms with E-state index in [1.165, 1.54) is 44.6 Å². The Bertz CT molecular complexity index is 2220. The maximum Gasteiger partial charge on any atom is 0.356 e. The van der Waals surface area contributed by atoms with E-state index in [9.17, 15) is 19.5 Å². The zero-order valence-corrected chi connectivity index (χ0v) is 39.6. The molecule has 5 saturated carbocycles. The second kappa shape index (κ2) is 17.7. The number of carbonyl (C=O) groups excluding carboxylic acids is 3. The Kier molecular flexibility index (Phi) is 12.8. The third-order valence-electron chi connectivity index (χ3n) is 18.7. The van der Waals surface area contributed by atoms with Crippen molar-refractivity contribution in [3.05, 3.63) is 95.6 Å². The fraction of sp³-hybridized carbons (Fsp3) is 0.630. The number of hydrogen-bond acceptors (Lipinski definition) is 7. The molecular formula is C54H74N4O6. The minimum absolute atomic E-state index is 0.0622. The summed E-state index contributed by atoms with van der Waals surface area (Å²) in [5.41, 5.74) is 4.37. The van der Waals surface area contributed by atoms with Gasteiger partial charge in [-0.15, -0.1) is 0 Å². The number of amides is 2. The van der Waals surface area contributed by atoms with Gasteiger partial charge in [0.15, 0.2) is 0 Å². The van der Waals surface area contributed by atoms with Crippen LogP contribution in [0.25, 0.3) is 0 Å². The summed E-state index contributed by atoms with van der Waals surface area (Å²) in [6.45, 7) is 21.2. The van der Waals surface area contributed by atoms with Gasteiger partial charge in [-0.3, -0.25) is 9.59 Å². The molecule has 8 rings (SSSR count). The first-order chi connectivity index (χ1) is 30.5. The molecule has 64 heavy (non-hydrogen) atoms. The molecule has 1 heterocycles. The highest BCUT2D eigenvalue weighted by Gasteiger charge is 2.71. The number of rotatable bonds is 14. The lowest BCUT2D eigenvalue weighted by molar-refractivity contribution is -0.246. The standard InChI is InChI=1S/C54H74N4O6/c1-35(2)40-19-25-54(27-26-52(6)41(46(40)54)17-18-44-51(5)23-21-45(59)50(3,4)43(51)20-24-53(44,52)7)49(62)56-28-22-36-11-9-12-38(31-36)47(60)57-32-37-13-15-39(16-14-37)64-30-10-29-58-34-55-33-42(58)48(61)63-8/h9,11-16,31,33-34,40-41,43-46,59H,1,10,17-30,32H2,2-8H3,(H,56,62)(H,57,60)/t40-,41?,43?,44?,45-,46?,51-,52+,53+,54-/m0/s1. The molecular weight excluding hydrogens is 801 g/mol. The monoisotopic (exact) mass is 875 g/mol. The molecule has 10 heteroatoms. The Labute approximate surface area is 381 Å². The Hall–Kier alpha value is -4.44. The van der Waals surface area contributed by atoms with E-state index in [-0.39, 0.29) is 45.0 Å². The molecule has 0 aliphatic heterocycles. The molecule has 5 aliphatic carbocycles. The zero-order valence-electron chi connectivity index (χ0n) is 39.6. The van der Waals surface area contributed by atoms with E-state index < -0.39 is 5.97 Å². The van der Waals surface area contributed by atoms with Crippen LogP contribution < -0.4 is 15.4 Å². The van der Waals surface area contributed by atoms with E-state index in [1.54, 1.807) is 10.9 Å². The lowest BCUT2D eigenvalue weighted by atomic mass is 9.32. The molecule has 0 saturated heterocycles. The number of aryl methyl sites for hydroxylation is 1. The second-order valence-electron chi connectivity index (χ2n) is 21.9. The van der Waals surface area contributed by atoms with Gasteiger partial charge in [0, 0.05) is 25.2 Å². The Morgan fingerprint density at radius 1 is 0.875 bits per heavy atom. The molecule has 0 bridgehead atoms. The van der Waals surface area contributed by atoms with Crippen molar-refractivity contribution in [2.45, 2.75) is 138 Å². The van der Waals surface area contributed by atoms with Gasteiger partial charge in [0.1, 0.15) is 11.4 Å². The molecule has 10 nitrogen and oxygen atoms in total. The number of allylic oxidation sites excluding steroid dienone is 1. The maximum absolute atomic E-state index is 14.8. The Balaban J connectivity index is 0.854. The summed E-state index contributed by atoms with van der Waals surface area (Å²) < 4.78 is 12.5. The lowest BCUT2D eigenvalue weighted by Gasteiger charge is -2.72. The largest absolute Gasteiger partial charge is 0.494 e. The molecule has 10 atom stereocenters. The first kappa shape index (κ1) is 46.1. The molecule has 4 unspecified atom stereocenters. The molecule has 346 valence electrons. The number of hydrogen-bond donors (Lipinski definition) is 3. The first-order valence-corrected chi connectivity index (χ1v) is 24.3. The number of ether oxygens (including phenoxy) is 2. The number of carbonyl (C=O) groups is 3. The minimum Gasteiger partial charge on any atom is -0.494 e. The lowest BCUT2D eigenvalue weighted by Crippen LogP contribution is -2.67. The number of aromatic nitrogens is 2. The topological polar surface area (TPSA) is 132 Å². The average molecular weight is 875 g/mol. The third kappa shape index (κ3) is 7.91. The van der Waals surface area contributed by atoms with E-state index >= 15 is 0 Å². The molecule has 5 aliphatic rings. The number of aliphatic hydroxyl groups excluding tert-OH is 1. The van der Waals surface area contributed by atoms with Gasteiger partial charge in [0.2, 0.25) is 5.91 Å². The summed E-state index contributed by atoms with van der Waals surface area (Å²) >= 11 is 0. The van der Waals surface area contributed by atoms with Crippen LogP contribution in [0.5, 0.6) is 5.75 Å². The second-order valence-corrected chi connectivity index (χ2v) is 21.9. The number of nitrogens with one attached hydrogen (secondary N) is 2. The van der Waals surface area contributed by atoms with Crippen molar-refractivity contribution in [1.29, 1.82) is 0 Å². The van der Waals surface area contributed by atoms with Gasteiger partial charge >= 0.3 is 5.97 Å². The number of methoxy groups -OCH3 is 1. The Morgan fingerprint density at radius 3 is 2.41 bits per heavy atom. The van der Waals surface area contributed by atoms with E-state index in [1.807, 2.05) is 48.5 Å². The van der Waals surface area contributed by atoms with Crippen molar-refractivity contribution in [3.63, 3.8) is 0 Å². The van der Waals surface area contributed by atoms with Crippen molar-refractivity contribution < 1.29 is 29.0 Å². The predicted octanol–water partition coefficient (Wildman–Crippen LogP) is 9.75. The number of nitrogens with zero attached hydrogens (tertiary/aromatic N) is 2. The summed E-state index contributed by atoms with van der Waals surface area (Å²) in [5, 5.41) is 17.7. The summed E-state index contributed by atoms with van der Waals surface area (Å²) in [7, 11) is 1.35. The summed E-state index contributed by atoms with van der Waals surface area (Å²) in [6, 6.07) is 15.4. The molecule has 2 amide bonds. The zero-order chi connectivity index (χ0) is 45.7. The van der Waals surface area contributed by atoms with Crippen LogP contribution in [-0.4, -0.2) is 58.8 Å². The van der Waals surface area contributed by atoms with Crippen LogP contribution in [0.4, 0.5) is 0 Å². The highest BCUT2D eigenvalue weighted by atomic mass is 16.5. The van der Waals surface area contributed by atoms with Crippen LogP contribution in [0.3, 0.4) is 0 Å². The molecule has 0 spiro atoms. The number of benzene rings is 2. The predicted molar refractivity (Wildman–Crippen MR) is 249 cm³/mol.